The van der Waals surface area contributed by atoms with Crippen LogP contribution in [0.2, 0.25) is 5.82 Å². The van der Waals surface area contributed by atoms with Gasteiger partial charge in [0, 0.05) is 5.82 Å². The highest BCUT2D eigenvalue weighted by molar-refractivity contribution is 6.39. The minimum Gasteiger partial charge on any atom is -0.556 e. The maximum Gasteiger partial charge on any atom is 0.362 e. The van der Waals surface area contributed by atoms with Crippen molar-refractivity contribution in [1.82, 2.24) is 0 Å². The molecule has 0 bridgehead atoms. The lowest BCUT2D eigenvalue weighted by molar-refractivity contribution is -0.117. The molecule has 1 N–H and O–H groups in total. The van der Waals surface area contributed by atoms with Gasteiger partial charge in [0.2, 0.25) is 11.2 Å². The summed E-state index contributed by atoms with van der Waals surface area (Å²) in [7, 11) is 0.132. The zero-order valence-corrected chi connectivity index (χ0v) is 9.37. The predicted octanol–water partition coefficient (Wildman–Crippen LogP) is 1.41. The third kappa shape index (κ3) is 4.47. The first-order chi connectivity index (χ1) is 8.27. The van der Waals surface area contributed by atoms with Crippen LogP contribution in [0.5, 0.6) is 0 Å². The van der Waals surface area contributed by atoms with Gasteiger partial charge in [-0.2, -0.15) is 0 Å². The van der Waals surface area contributed by atoms with E-state index in [9.17, 15) is 4.79 Å². The molecule has 0 heterocycles. The highest BCUT2D eigenvalue weighted by Gasteiger charge is 2.25. The van der Waals surface area contributed by atoms with Crippen LogP contribution in [-0.2, 0) is 15.9 Å². The number of benzene rings is 1. The van der Waals surface area contributed by atoms with E-state index >= 15 is 0 Å². The fourth-order valence-electron chi connectivity index (χ4n) is 1.53. The number of ketones is 1. The van der Waals surface area contributed by atoms with Crippen LogP contribution in [0.25, 0.3) is 4.98 Å². The van der Waals surface area contributed by atoms with E-state index in [0.717, 1.165) is 12.0 Å². The van der Waals surface area contributed by atoms with E-state index in [1.807, 2.05) is 30.3 Å². The van der Waals surface area contributed by atoms with Gasteiger partial charge in [-0.25, -0.2) is 0 Å². The molecule has 86 valence electrons. The Hall–Kier alpha value is -2.16. The second-order valence-electron chi connectivity index (χ2n) is 3.60. The minimum absolute atomic E-state index is 0.132. The number of nitrogens with zero attached hydrogens (tertiary/aromatic N) is 2. The minimum atomic E-state index is -0.394. The third-order valence-corrected chi connectivity index (χ3v) is 2.39. The first-order valence-corrected chi connectivity index (χ1v) is 5.26. The second kappa shape index (κ2) is 7.17. The van der Waals surface area contributed by atoms with Gasteiger partial charge in [-0.15, -0.1) is 0 Å². The van der Waals surface area contributed by atoms with E-state index in [-0.39, 0.29) is 19.8 Å². The molecule has 0 saturated heterocycles. The molecule has 17 heavy (non-hydrogen) atoms. The maximum atomic E-state index is 11.6. The summed E-state index contributed by atoms with van der Waals surface area (Å²) in [6, 6.07) is 9.52. The fourth-order valence-corrected chi connectivity index (χ4v) is 1.53. The normalized spacial score (nSPS) is 11.0. The number of hydrogen-bond donors (Lipinski definition) is 1. The molecule has 1 aromatic carbocycles. The Balaban J connectivity index is 2.66. The zero-order valence-electron chi connectivity index (χ0n) is 9.37. The Labute approximate surface area is 100 Å². The lowest BCUT2D eigenvalue weighted by atomic mass is 9.73. The summed E-state index contributed by atoms with van der Waals surface area (Å²) in [4.78, 5) is 14.5. The van der Waals surface area contributed by atoms with Gasteiger partial charge in [-0.1, -0.05) is 30.3 Å². The number of diazo groups is 1. The fraction of sp³-hybridized carbons (Fsp3) is 0.273. The standard InChI is InChI=1S/C11H13BN3O2/c13-8-17-12-10(11(16)7-15-14)6-9-4-2-1-3-5-9/h1-5,8,10,12-13H,6-7H2/q+1/t10-/m0/s1. The summed E-state index contributed by atoms with van der Waals surface area (Å²) in [6.07, 6.45) is 1.32. The van der Waals surface area contributed by atoms with Crippen molar-refractivity contribution >= 4 is 19.7 Å². The summed E-state index contributed by atoms with van der Waals surface area (Å²) >= 11 is 0. The number of hydrogen-bond acceptors (Lipinski definition) is 4. The summed E-state index contributed by atoms with van der Waals surface area (Å²) in [6.45, 7) is -0.237. The van der Waals surface area contributed by atoms with E-state index in [4.69, 9.17) is 15.5 Å². The number of carbonyl (C=O) groups excluding carboxylic acids is 1. The third-order valence-electron chi connectivity index (χ3n) is 2.39. The molecular formula is C11H13BN3O2+. The van der Waals surface area contributed by atoms with Crippen LogP contribution < -0.4 is 0 Å². The molecule has 0 aliphatic rings. The maximum absolute atomic E-state index is 11.6. The molecule has 0 saturated carbocycles. The van der Waals surface area contributed by atoms with Crippen molar-refractivity contribution in [2.45, 2.75) is 12.2 Å². The van der Waals surface area contributed by atoms with Crippen molar-refractivity contribution in [3.8, 4) is 0 Å². The van der Waals surface area contributed by atoms with Crippen LogP contribution in [0.3, 0.4) is 0 Å². The Morgan fingerprint density at radius 2 is 2.24 bits per heavy atom. The van der Waals surface area contributed by atoms with E-state index in [1.165, 1.54) is 0 Å². The summed E-state index contributed by atoms with van der Waals surface area (Å²) < 4.78 is 4.83. The van der Waals surface area contributed by atoms with Gasteiger partial charge in [-0.3, -0.25) is 10.2 Å². The molecule has 5 nitrogen and oxygen atoms in total. The van der Waals surface area contributed by atoms with Crippen molar-refractivity contribution in [2.24, 2.45) is 0 Å². The largest absolute Gasteiger partial charge is 0.556 e. The highest BCUT2D eigenvalue weighted by Crippen LogP contribution is 2.14. The number of Topliss-reactive ketones (excluding diaryl/α,β-unsaturated/α-hetero) is 1. The van der Waals surface area contributed by atoms with Crippen molar-refractivity contribution in [1.29, 1.82) is 10.8 Å². The van der Waals surface area contributed by atoms with Crippen LogP contribution in [-0.4, -0.2) is 26.2 Å². The smallest absolute Gasteiger partial charge is 0.362 e. The summed E-state index contributed by atoms with van der Waals surface area (Å²) in [5, 5.41) is 15.2. The summed E-state index contributed by atoms with van der Waals surface area (Å²) in [5.41, 5.74) is 1.01. The van der Waals surface area contributed by atoms with Gasteiger partial charge in [0.15, 0.2) is 0 Å². The molecule has 0 unspecified atom stereocenters. The monoisotopic (exact) mass is 230 g/mol. The molecule has 1 rings (SSSR count). The average molecular weight is 230 g/mol. The van der Waals surface area contributed by atoms with Gasteiger partial charge in [0.25, 0.3) is 0 Å². The Bertz CT molecular complexity index is 416. The van der Waals surface area contributed by atoms with Gasteiger partial charge < -0.3 is 4.65 Å². The summed E-state index contributed by atoms with van der Waals surface area (Å²) in [5.74, 6) is -0.590. The van der Waals surface area contributed by atoms with Gasteiger partial charge in [-0.05, 0) is 12.0 Å². The van der Waals surface area contributed by atoms with E-state index in [0.29, 0.717) is 6.42 Å². The van der Waals surface area contributed by atoms with Crippen molar-refractivity contribution in [3.63, 3.8) is 0 Å². The zero-order chi connectivity index (χ0) is 12.5. The van der Waals surface area contributed by atoms with E-state index in [1.54, 1.807) is 0 Å². The van der Waals surface area contributed by atoms with Crippen molar-refractivity contribution in [3.05, 3.63) is 40.9 Å². The molecule has 0 aliphatic heterocycles. The van der Waals surface area contributed by atoms with Gasteiger partial charge in [0.05, 0.1) is 0 Å². The molecule has 0 aliphatic carbocycles. The van der Waals surface area contributed by atoms with Crippen LogP contribution in [0.4, 0.5) is 0 Å². The topological polar surface area (TPSA) is 78.3 Å². The van der Waals surface area contributed by atoms with Gasteiger partial charge >= 0.3 is 14.0 Å². The molecular weight excluding hydrogens is 217 g/mol. The predicted molar refractivity (Wildman–Crippen MR) is 65.9 cm³/mol. The Morgan fingerprint density at radius 3 is 2.82 bits per heavy atom. The molecule has 0 radical (unpaired) electrons. The van der Waals surface area contributed by atoms with E-state index in [2.05, 4.69) is 4.98 Å². The molecule has 1 aromatic rings. The van der Waals surface area contributed by atoms with Crippen LogP contribution in [0.1, 0.15) is 5.56 Å². The Kier molecular flexibility index (Phi) is 5.45. The van der Waals surface area contributed by atoms with Crippen molar-refractivity contribution < 1.29 is 9.45 Å². The van der Waals surface area contributed by atoms with Crippen LogP contribution >= 0.6 is 0 Å². The second-order valence-corrected chi connectivity index (χ2v) is 3.60. The van der Waals surface area contributed by atoms with Crippen LogP contribution in [0.15, 0.2) is 30.3 Å². The van der Waals surface area contributed by atoms with Crippen LogP contribution in [0, 0.1) is 10.8 Å². The van der Waals surface area contributed by atoms with Gasteiger partial charge in [0.1, 0.15) is 11.4 Å². The number of rotatable bonds is 7. The molecule has 0 fully saturated rings. The molecule has 6 heteroatoms. The molecule has 0 amide bonds. The molecule has 0 aromatic heterocycles. The Morgan fingerprint density at radius 1 is 1.53 bits per heavy atom. The van der Waals surface area contributed by atoms with Crippen molar-refractivity contribution in [2.75, 3.05) is 6.54 Å². The SMILES string of the molecule is N#[N+]CC(=O)[C@@H](BOC=N)Cc1ccccc1. The average Bonchev–Trinajstić information content (AvgIpc) is 2.36. The molecule has 0 spiro atoms. The lowest BCUT2D eigenvalue weighted by Gasteiger charge is -2.09. The first kappa shape index (κ1) is 12.9. The quantitative estimate of drug-likeness (QED) is 0.333. The first-order valence-electron chi connectivity index (χ1n) is 5.26. The lowest BCUT2D eigenvalue weighted by Crippen LogP contribution is -2.21. The number of carbonyl (C=O) groups is 1. The number of nitrogens with one attached hydrogen (secondary N) is 1. The molecule has 1 atom stereocenters. The van der Waals surface area contributed by atoms with E-state index < -0.39 is 5.82 Å². The highest BCUT2D eigenvalue weighted by atomic mass is 16.4.